The van der Waals surface area contributed by atoms with E-state index in [2.05, 4.69) is 15.0 Å². The zero-order valence-electron chi connectivity index (χ0n) is 24.0. The van der Waals surface area contributed by atoms with Gasteiger partial charge in [-0.25, -0.2) is 14.6 Å². The lowest BCUT2D eigenvalue weighted by Gasteiger charge is -2.32. The molecule has 46 heavy (non-hydrogen) atoms. The monoisotopic (exact) mass is 645 g/mol. The molecule has 6 N–H and O–H groups in total. The van der Waals surface area contributed by atoms with Crippen molar-refractivity contribution in [2.45, 2.75) is 36.6 Å². The summed E-state index contributed by atoms with van der Waals surface area (Å²) in [7, 11) is 0. The molecule has 0 radical (unpaired) electrons. The van der Waals surface area contributed by atoms with Crippen LogP contribution in [0.4, 0.5) is 5.82 Å². The van der Waals surface area contributed by atoms with Gasteiger partial charge in [-0.1, -0.05) is 72.8 Å². The molecule has 5 aromatic rings. The van der Waals surface area contributed by atoms with Crippen LogP contribution in [0.1, 0.15) is 27.7 Å². The first-order chi connectivity index (χ1) is 22.1. The van der Waals surface area contributed by atoms with Crippen LogP contribution in [0.5, 0.6) is 0 Å². The van der Waals surface area contributed by atoms with Crippen LogP contribution in [0.15, 0.2) is 85.2 Å². The van der Waals surface area contributed by atoms with Crippen molar-refractivity contribution in [1.82, 2.24) is 19.5 Å². The van der Waals surface area contributed by atoms with Gasteiger partial charge in [0.2, 0.25) is 5.28 Å². The summed E-state index contributed by atoms with van der Waals surface area (Å²) < 4.78 is 13.5. The fraction of sp³-hybridized carbons (Fsp3) is 0.219. The van der Waals surface area contributed by atoms with E-state index in [0.717, 1.165) is 0 Å². The number of aliphatic hydroxyl groups excluding tert-OH is 2. The summed E-state index contributed by atoms with van der Waals surface area (Å²) in [6, 6.07) is 21.8. The number of carbonyl (C=O) groups is 2. The van der Waals surface area contributed by atoms with E-state index >= 15 is 0 Å². The predicted octanol–water partition coefficient (Wildman–Crippen LogP) is 3.29. The van der Waals surface area contributed by atoms with Gasteiger partial charge in [0.05, 0.1) is 18.5 Å². The fourth-order valence-corrected chi connectivity index (χ4v) is 5.80. The number of aliphatic hydroxyl groups is 2. The molecule has 1 aliphatic rings. The van der Waals surface area contributed by atoms with Crippen LogP contribution >= 0.6 is 11.6 Å². The van der Waals surface area contributed by atoms with Gasteiger partial charge in [0.1, 0.15) is 23.8 Å². The lowest BCUT2D eigenvalue weighted by Crippen LogP contribution is -2.44. The van der Waals surface area contributed by atoms with Crippen LogP contribution in [0, 0.1) is 0 Å². The van der Waals surface area contributed by atoms with Gasteiger partial charge < -0.3 is 35.6 Å². The number of fused-ring (bicyclic) bond motifs is 1. The number of rotatable bonds is 10. The Morgan fingerprint density at radius 1 is 0.957 bits per heavy atom. The fourth-order valence-electron chi connectivity index (χ4n) is 5.63. The van der Waals surface area contributed by atoms with Crippen LogP contribution in [0.3, 0.4) is 0 Å². The summed E-state index contributed by atoms with van der Waals surface area (Å²) in [6.45, 7) is -0.412. The molecule has 0 amide bonds. The Balaban J connectivity index is 1.28. The molecular formula is C32H28ClN5O8. The second-order valence-corrected chi connectivity index (χ2v) is 11.1. The molecule has 0 saturated carbocycles. The molecule has 1 saturated heterocycles. The first-order valence-electron chi connectivity index (χ1n) is 14.1. The number of aliphatic carboxylic acids is 1. The Hall–Kier alpha value is -4.92. The van der Waals surface area contributed by atoms with E-state index in [4.69, 9.17) is 26.8 Å². The van der Waals surface area contributed by atoms with Crippen molar-refractivity contribution < 1.29 is 39.5 Å². The molecule has 0 bridgehead atoms. The number of aromatic carboxylic acids is 1. The molecule has 14 heteroatoms. The van der Waals surface area contributed by atoms with Crippen LogP contribution in [-0.4, -0.2) is 76.8 Å². The zero-order chi connectivity index (χ0) is 32.6. The minimum atomic E-state index is -1.93. The Labute approximate surface area is 266 Å². The van der Waals surface area contributed by atoms with E-state index in [1.54, 1.807) is 72.8 Å². The summed E-state index contributed by atoms with van der Waals surface area (Å²) in [5.41, 5.74) is 6.60. The molecule has 2 aromatic heterocycles. The van der Waals surface area contributed by atoms with Gasteiger partial charge >= 0.3 is 11.9 Å². The van der Waals surface area contributed by atoms with Crippen molar-refractivity contribution in [3.8, 4) is 11.1 Å². The first-order valence-corrected chi connectivity index (χ1v) is 14.5. The third-order valence-corrected chi connectivity index (χ3v) is 8.16. The highest BCUT2D eigenvalue weighted by atomic mass is 35.5. The molecule has 0 spiro atoms. The molecule has 13 nitrogen and oxygen atoms in total. The minimum Gasteiger partial charge on any atom is -0.479 e. The number of benzene rings is 3. The van der Waals surface area contributed by atoms with Gasteiger partial charge in [-0.3, -0.25) is 4.57 Å². The maximum Gasteiger partial charge on any atom is 0.341 e. The van der Waals surface area contributed by atoms with Gasteiger partial charge in [0.15, 0.2) is 23.3 Å². The van der Waals surface area contributed by atoms with Gasteiger partial charge in [-0.15, -0.1) is 0 Å². The van der Waals surface area contributed by atoms with Gasteiger partial charge in [-0.05, 0) is 39.9 Å². The van der Waals surface area contributed by atoms with Crippen molar-refractivity contribution in [2.75, 3.05) is 12.3 Å². The molecule has 6 rings (SSSR count). The number of carboxylic acid groups (broad SMARTS) is 2. The first kappa shape index (κ1) is 31.1. The Bertz CT molecular complexity index is 1900. The molecule has 0 aliphatic carbocycles. The van der Waals surface area contributed by atoms with Gasteiger partial charge in [0.25, 0.3) is 0 Å². The molecule has 3 aromatic carbocycles. The average Bonchev–Trinajstić information content (AvgIpc) is 3.59. The number of nitrogens with two attached hydrogens (primary N) is 1. The standard InChI is InChI=1S/C32H28ClN5O8/c33-31-36-26(34)23-27(37-31)38(16-35-23)28-25(40)24(39)22(46-28)15-45-32(30(43)44,19-6-2-1-3-7-19)14-17-10-12-18(13-11-17)20-8-4-5-9-21(20)29(41)42/h1-13,16,22,24-25,28,39-40H,14-15H2,(H,41,42)(H,43,44)(H2,34,36,37)/t22-,24-,25-,28-,32+/m1/s1. The summed E-state index contributed by atoms with van der Waals surface area (Å²) >= 11 is 5.97. The summed E-state index contributed by atoms with van der Waals surface area (Å²) in [5, 5.41) is 42.0. The molecule has 1 aliphatic heterocycles. The quantitative estimate of drug-likeness (QED) is 0.139. The maximum atomic E-state index is 13.1. The average molecular weight is 646 g/mol. The summed E-state index contributed by atoms with van der Waals surface area (Å²) in [4.78, 5) is 36.9. The SMILES string of the molecule is Nc1nc(Cl)nc2c1ncn2[C@@H]1O[C@H](CO[C@](Cc2ccc(-c3ccccc3C(=O)O)cc2)(C(=O)O)c2ccccc2)[C@@H](O)[C@H]1O. The lowest BCUT2D eigenvalue weighted by molar-refractivity contribution is -0.176. The van der Waals surface area contributed by atoms with Crippen LogP contribution < -0.4 is 5.73 Å². The third kappa shape index (κ3) is 5.66. The molecule has 1 fully saturated rings. The van der Waals surface area contributed by atoms with E-state index in [0.29, 0.717) is 22.3 Å². The van der Waals surface area contributed by atoms with Crippen molar-refractivity contribution in [2.24, 2.45) is 0 Å². The van der Waals surface area contributed by atoms with E-state index in [1.807, 2.05) is 0 Å². The number of halogens is 1. The Morgan fingerprint density at radius 3 is 2.35 bits per heavy atom. The van der Waals surface area contributed by atoms with E-state index in [1.165, 1.54) is 17.0 Å². The number of nitrogen functional groups attached to an aromatic ring is 1. The molecule has 0 unspecified atom stereocenters. The second-order valence-electron chi connectivity index (χ2n) is 10.8. The number of hydrogen-bond donors (Lipinski definition) is 5. The minimum absolute atomic E-state index is 0.0231. The maximum absolute atomic E-state index is 13.1. The molecule has 5 atom stereocenters. The van der Waals surface area contributed by atoms with E-state index in [-0.39, 0.29) is 34.2 Å². The second kappa shape index (κ2) is 12.5. The highest BCUT2D eigenvalue weighted by Crippen LogP contribution is 2.36. The Kier molecular flexibility index (Phi) is 8.42. The zero-order valence-corrected chi connectivity index (χ0v) is 24.7. The highest BCUT2D eigenvalue weighted by molar-refractivity contribution is 6.28. The van der Waals surface area contributed by atoms with E-state index in [9.17, 15) is 30.0 Å². The highest BCUT2D eigenvalue weighted by Gasteiger charge is 2.48. The third-order valence-electron chi connectivity index (χ3n) is 7.99. The van der Waals surface area contributed by atoms with Gasteiger partial charge in [0, 0.05) is 6.42 Å². The summed E-state index contributed by atoms with van der Waals surface area (Å²) in [5.74, 6) is -2.32. The molecule has 3 heterocycles. The molecular weight excluding hydrogens is 618 g/mol. The number of hydrogen-bond acceptors (Lipinski definition) is 10. The molecule has 236 valence electrons. The van der Waals surface area contributed by atoms with E-state index < -0.39 is 48.7 Å². The lowest BCUT2D eigenvalue weighted by atomic mass is 9.86. The topological polar surface area (TPSA) is 203 Å². The summed E-state index contributed by atoms with van der Waals surface area (Å²) in [6.07, 6.45) is -4.05. The van der Waals surface area contributed by atoms with Crippen molar-refractivity contribution in [3.63, 3.8) is 0 Å². The predicted molar refractivity (Wildman–Crippen MR) is 165 cm³/mol. The normalized spacial score (nSPS) is 20.8. The van der Waals surface area contributed by atoms with Crippen molar-refractivity contribution in [3.05, 3.63) is 107 Å². The number of ether oxygens (including phenoxy) is 2. The number of anilines is 1. The number of carboxylic acids is 2. The smallest absolute Gasteiger partial charge is 0.341 e. The van der Waals surface area contributed by atoms with Crippen molar-refractivity contribution >= 4 is 40.5 Å². The van der Waals surface area contributed by atoms with Crippen LogP contribution in [0.25, 0.3) is 22.3 Å². The van der Waals surface area contributed by atoms with Crippen LogP contribution in [-0.2, 0) is 26.3 Å². The number of imidazole rings is 1. The number of nitrogens with zero attached hydrogens (tertiary/aromatic N) is 4. The van der Waals surface area contributed by atoms with Gasteiger partial charge in [-0.2, -0.15) is 9.97 Å². The largest absolute Gasteiger partial charge is 0.479 e. The number of aromatic nitrogens is 4. The van der Waals surface area contributed by atoms with Crippen LogP contribution in [0.2, 0.25) is 5.28 Å². The van der Waals surface area contributed by atoms with Crippen molar-refractivity contribution in [1.29, 1.82) is 0 Å². The Morgan fingerprint density at radius 2 is 1.65 bits per heavy atom.